The Hall–Kier alpha value is -1.98. The normalized spacial score (nSPS) is 10.7. The highest BCUT2D eigenvalue weighted by atomic mass is 19.1. The number of fused-ring (bicyclic) bond motifs is 1. The van der Waals surface area contributed by atoms with Crippen LogP contribution in [-0.4, -0.2) is 22.8 Å². The summed E-state index contributed by atoms with van der Waals surface area (Å²) >= 11 is 0. The first kappa shape index (κ1) is 10.5. The highest BCUT2D eigenvalue weighted by Crippen LogP contribution is 2.21. The number of esters is 1. The van der Waals surface area contributed by atoms with E-state index in [0.717, 1.165) is 6.07 Å². The van der Waals surface area contributed by atoms with Crippen LogP contribution in [0.2, 0.25) is 0 Å². The van der Waals surface area contributed by atoms with Gasteiger partial charge in [-0.2, -0.15) is 5.10 Å². The van der Waals surface area contributed by atoms with Crippen LogP contribution in [0.15, 0.2) is 12.1 Å². The van der Waals surface area contributed by atoms with Crippen LogP contribution in [0.5, 0.6) is 0 Å². The summed E-state index contributed by atoms with van der Waals surface area (Å²) in [5.41, 5.74) is -0.0464. The summed E-state index contributed by atoms with van der Waals surface area (Å²) in [4.78, 5) is 11.4. The van der Waals surface area contributed by atoms with Crippen molar-refractivity contribution >= 4 is 16.9 Å². The number of carbonyl (C=O) groups is 1. The van der Waals surface area contributed by atoms with Crippen molar-refractivity contribution in [3.63, 3.8) is 0 Å². The van der Waals surface area contributed by atoms with Crippen LogP contribution in [0, 0.1) is 11.6 Å². The lowest BCUT2D eigenvalue weighted by Gasteiger charge is -1.98. The van der Waals surface area contributed by atoms with E-state index < -0.39 is 17.6 Å². The Morgan fingerprint density at radius 2 is 2.25 bits per heavy atom. The third kappa shape index (κ3) is 1.62. The second-order valence-electron chi connectivity index (χ2n) is 3.10. The number of hydrogen-bond donors (Lipinski definition) is 1. The van der Waals surface area contributed by atoms with E-state index >= 15 is 0 Å². The highest BCUT2D eigenvalue weighted by Gasteiger charge is 2.19. The largest absolute Gasteiger partial charge is 0.461 e. The number of hydrogen-bond acceptors (Lipinski definition) is 3. The molecule has 0 aliphatic heterocycles. The molecule has 2 rings (SSSR count). The fraction of sp³-hybridized carbons (Fsp3) is 0.200. The third-order valence-corrected chi connectivity index (χ3v) is 2.05. The molecular weight excluding hydrogens is 218 g/mol. The van der Waals surface area contributed by atoms with Gasteiger partial charge in [-0.3, -0.25) is 5.10 Å². The van der Waals surface area contributed by atoms with Crippen LogP contribution in [0.25, 0.3) is 10.9 Å². The summed E-state index contributed by atoms with van der Waals surface area (Å²) in [5.74, 6) is -2.31. The van der Waals surface area contributed by atoms with Gasteiger partial charge in [0.2, 0.25) is 0 Å². The fourth-order valence-corrected chi connectivity index (χ4v) is 1.42. The predicted molar refractivity (Wildman–Crippen MR) is 52.0 cm³/mol. The summed E-state index contributed by atoms with van der Waals surface area (Å²) in [5, 5.41) is 5.93. The number of H-pyrrole nitrogens is 1. The lowest BCUT2D eigenvalue weighted by Crippen LogP contribution is -2.06. The zero-order valence-corrected chi connectivity index (χ0v) is 8.38. The van der Waals surface area contributed by atoms with Gasteiger partial charge >= 0.3 is 5.97 Å². The molecule has 0 radical (unpaired) electrons. The average Bonchev–Trinajstić information content (AvgIpc) is 2.61. The molecule has 0 aliphatic carbocycles. The first-order chi connectivity index (χ1) is 7.63. The smallest absolute Gasteiger partial charge is 0.359 e. The zero-order valence-electron chi connectivity index (χ0n) is 8.38. The maximum Gasteiger partial charge on any atom is 0.359 e. The molecule has 6 heteroatoms. The first-order valence-corrected chi connectivity index (χ1v) is 4.63. The topological polar surface area (TPSA) is 55.0 Å². The minimum atomic E-state index is -0.841. The number of aromatic amines is 1. The minimum Gasteiger partial charge on any atom is -0.461 e. The van der Waals surface area contributed by atoms with Crippen LogP contribution in [0.4, 0.5) is 8.78 Å². The lowest BCUT2D eigenvalue weighted by atomic mass is 10.2. The van der Waals surface area contributed by atoms with Crippen molar-refractivity contribution in [2.24, 2.45) is 0 Å². The van der Waals surface area contributed by atoms with Crippen molar-refractivity contribution in [2.45, 2.75) is 6.92 Å². The molecule has 1 aromatic heterocycles. The Kier molecular flexibility index (Phi) is 2.55. The Labute approximate surface area is 89.2 Å². The van der Waals surface area contributed by atoms with E-state index in [2.05, 4.69) is 10.2 Å². The Bertz CT molecular complexity index is 551. The van der Waals surface area contributed by atoms with Gasteiger partial charge in [0, 0.05) is 6.07 Å². The summed E-state index contributed by atoms with van der Waals surface area (Å²) < 4.78 is 31.0. The van der Waals surface area contributed by atoms with E-state index in [1.807, 2.05) is 0 Å². The molecule has 0 saturated carbocycles. The molecule has 0 saturated heterocycles. The minimum absolute atomic E-state index is 0.0557. The Morgan fingerprint density at radius 1 is 1.50 bits per heavy atom. The van der Waals surface area contributed by atoms with Gasteiger partial charge in [-0.05, 0) is 13.0 Å². The molecule has 1 aromatic carbocycles. The standard InChI is InChI=1S/C10H8F2N2O2/c1-2-16-10(15)9-8-6(12)3-5(11)4-7(8)13-14-9/h3-4H,2H2,1H3,(H,13,14). The number of nitrogens with zero attached hydrogens (tertiary/aromatic N) is 1. The predicted octanol–water partition coefficient (Wildman–Crippen LogP) is 2.02. The Balaban J connectivity index is 2.60. The summed E-state index contributed by atoms with van der Waals surface area (Å²) in [6, 6.07) is 1.76. The van der Waals surface area contributed by atoms with Crippen molar-refractivity contribution in [1.82, 2.24) is 10.2 Å². The number of carbonyl (C=O) groups excluding carboxylic acids is 1. The maximum atomic E-state index is 13.4. The van der Waals surface area contributed by atoms with Crippen molar-refractivity contribution in [3.8, 4) is 0 Å². The molecule has 0 bridgehead atoms. The number of rotatable bonds is 2. The molecular formula is C10H8F2N2O2. The quantitative estimate of drug-likeness (QED) is 0.797. The van der Waals surface area contributed by atoms with E-state index in [1.54, 1.807) is 6.92 Å². The van der Waals surface area contributed by atoms with E-state index in [9.17, 15) is 13.6 Å². The van der Waals surface area contributed by atoms with Crippen LogP contribution < -0.4 is 0 Å². The van der Waals surface area contributed by atoms with Gasteiger partial charge in [0.05, 0.1) is 17.5 Å². The molecule has 84 valence electrons. The first-order valence-electron chi connectivity index (χ1n) is 4.63. The van der Waals surface area contributed by atoms with Crippen molar-refractivity contribution in [2.75, 3.05) is 6.61 Å². The molecule has 1 heterocycles. The van der Waals surface area contributed by atoms with Gasteiger partial charge in [0.1, 0.15) is 11.6 Å². The molecule has 0 unspecified atom stereocenters. The summed E-state index contributed by atoms with van der Waals surface area (Å²) in [6.07, 6.45) is 0. The molecule has 1 N–H and O–H groups in total. The maximum absolute atomic E-state index is 13.4. The molecule has 0 spiro atoms. The number of halogens is 2. The van der Waals surface area contributed by atoms with Crippen molar-refractivity contribution in [3.05, 3.63) is 29.5 Å². The SMILES string of the molecule is CCOC(=O)c1n[nH]c2cc(F)cc(F)c12. The van der Waals surface area contributed by atoms with Crippen molar-refractivity contribution < 1.29 is 18.3 Å². The van der Waals surface area contributed by atoms with Crippen LogP contribution in [0.3, 0.4) is 0 Å². The lowest BCUT2D eigenvalue weighted by molar-refractivity contribution is 0.0521. The van der Waals surface area contributed by atoms with E-state index in [1.165, 1.54) is 0 Å². The second-order valence-corrected chi connectivity index (χ2v) is 3.10. The van der Waals surface area contributed by atoms with Gasteiger partial charge < -0.3 is 4.74 Å². The molecule has 4 nitrogen and oxygen atoms in total. The second kappa shape index (κ2) is 3.88. The third-order valence-electron chi connectivity index (χ3n) is 2.05. The summed E-state index contributed by atoms with van der Waals surface area (Å²) in [6.45, 7) is 1.79. The van der Waals surface area contributed by atoms with E-state index in [-0.39, 0.29) is 23.2 Å². The van der Waals surface area contributed by atoms with E-state index in [0.29, 0.717) is 6.07 Å². The zero-order chi connectivity index (χ0) is 11.7. The number of benzene rings is 1. The number of aromatic nitrogens is 2. The molecule has 0 fully saturated rings. The van der Waals surface area contributed by atoms with Gasteiger partial charge in [0.15, 0.2) is 5.69 Å². The van der Waals surface area contributed by atoms with Gasteiger partial charge in [-0.1, -0.05) is 0 Å². The molecule has 0 aliphatic rings. The summed E-state index contributed by atoms with van der Waals surface area (Å²) in [7, 11) is 0. The van der Waals surface area contributed by atoms with Crippen LogP contribution >= 0.6 is 0 Å². The fourth-order valence-electron chi connectivity index (χ4n) is 1.42. The van der Waals surface area contributed by atoms with Gasteiger partial charge in [0.25, 0.3) is 0 Å². The average molecular weight is 226 g/mol. The van der Waals surface area contributed by atoms with Gasteiger partial charge in [-0.25, -0.2) is 13.6 Å². The Morgan fingerprint density at radius 3 is 2.94 bits per heavy atom. The van der Waals surface area contributed by atoms with Gasteiger partial charge in [-0.15, -0.1) is 0 Å². The molecule has 0 atom stereocenters. The number of nitrogens with one attached hydrogen (secondary N) is 1. The van der Waals surface area contributed by atoms with Crippen molar-refractivity contribution in [1.29, 1.82) is 0 Å². The van der Waals surface area contributed by atoms with E-state index in [4.69, 9.17) is 4.74 Å². The molecule has 0 amide bonds. The molecule has 2 aromatic rings. The monoisotopic (exact) mass is 226 g/mol. The van der Waals surface area contributed by atoms with Crippen LogP contribution in [-0.2, 0) is 4.74 Å². The highest BCUT2D eigenvalue weighted by molar-refractivity contribution is 6.02. The number of ether oxygens (including phenoxy) is 1. The van der Waals surface area contributed by atoms with Crippen LogP contribution in [0.1, 0.15) is 17.4 Å². The molecule has 16 heavy (non-hydrogen) atoms.